The molecule has 1 N–H and O–H groups in total. The Morgan fingerprint density at radius 1 is 1.06 bits per heavy atom. The zero-order chi connectivity index (χ0) is 22.3. The summed E-state index contributed by atoms with van der Waals surface area (Å²) in [7, 11) is -3.73. The van der Waals surface area contributed by atoms with Crippen molar-refractivity contribution in [3.8, 4) is 5.75 Å². The van der Waals surface area contributed by atoms with Crippen LogP contribution in [0.25, 0.3) is 0 Å². The molecule has 4 aliphatic heterocycles. The normalized spacial score (nSPS) is 24.1. The molecule has 174 valence electrons. The zero-order valence-electron chi connectivity index (χ0n) is 17.7. The monoisotopic (exact) mass is 465 g/mol. The van der Waals surface area contributed by atoms with Crippen molar-refractivity contribution in [1.82, 2.24) is 9.21 Å². The van der Waals surface area contributed by atoms with Crippen molar-refractivity contribution in [3.63, 3.8) is 0 Å². The summed E-state index contributed by atoms with van der Waals surface area (Å²) >= 11 is 0. The van der Waals surface area contributed by atoms with Gasteiger partial charge < -0.3 is 24.4 Å². The van der Waals surface area contributed by atoms with Crippen LogP contribution in [0.5, 0.6) is 5.75 Å². The van der Waals surface area contributed by atoms with E-state index < -0.39 is 15.8 Å². The molecule has 0 bridgehead atoms. The number of nitrogens with zero attached hydrogens (tertiary/aromatic N) is 2. The number of carbonyl (C=O) groups is 2. The van der Waals surface area contributed by atoms with Gasteiger partial charge in [0.2, 0.25) is 15.9 Å². The van der Waals surface area contributed by atoms with Gasteiger partial charge in [-0.25, -0.2) is 8.42 Å². The standard InChI is InChI=1S/C21H27N3O7S/c25-19-14-29-18-2-1-16(13-17(18)22-19)32(27,28)24-7-3-15(4-8-24)20(26)23-9-5-21(6-10-23)30-11-12-31-21/h1-2,13,15H,3-12,14H2,(H,22,25). The summed E-state index contributed by atoms with van der Waals surface area (Å²) in [5, 5.41) is 2.64. The van der Waals surface area contributed by atoms with E-state index in [-0.39, 0.29) is 42.3 Å². The molecule has 1 aromatic rings. The van der Waals surface area contributed by atoms with Crippen LogP contribution in [-0.4, -0.2) is 81.2 Å². The Kier molecular flexibility index (Phi) is 5.60. The molecule has 0 atom stereocenters. The molecule has 3 saturated heterocycles. The molecule has 0 unspecified atom stereocenters. The lowest BCUT2D eigenvalue weighted by Crippen LogP contribution is -2.50. The molecule has 5 rings (SSSR count). The Hall–Kier alpha value is -2.21. The number of ether oxygens (including phenoxy) is 3. The van der Waals surface area contributed by atoms with Gasteiger partial charge in [0.25, 0.3) is 5.91 Å². The number of rotatable bonds is 3. The fourth-order valence-electron chi connectivity index (χ4n) is 4.83. The van der Waals surface area contributed by atoms with Gasteiger partial charge >= 0.3 is 0 Å². The topological polar surface area (TPSA) is 114 Å². The predicted octanol–water partition coefficient (Wildman–Crippen LogP) is 0.784. The third-order valence-corrected chi connectivity index (χ3v) is 8.57. The smallest absolute Gasteiger partial charge is 0.262 e. The van der Waals surface area contributed by atoms with Crippen LogP contribution < -0.4 is 10.1 Å². The summed E-state index contributed by atoms with van der Waals surface area (Å²) in [5.74, 6) is -0.487. The molecule has 10 nitrogen and oxygen atoms in total. The van der Waals surface area contributed by atoms with E-state index in [1.807, 2.05) is 4.90 Å². The highest BCUT2D eigenvalue weighted by Gasteiger charge is 2.42. The van der Waals surface area contributed by atoms with Gasteiger partial charge in [-0.1, -0.05) is 0 Å². The molecule has 4 heterocycles. The van der Waals surface area contributed by atoms with E-state index in [0.717, 1.165) is 0 Å². The van der Waals surface area contributed by atoms with Crippen molar-refractivity contribution in [2.45, 2.75) is 36.4 Å². The number of sulfonamides is 1. The Bertz CT molecular complexity index is 1000. The molecule has 3 fully saturated rings. The summed E-state index contributed by atoms with van der Waals surface area (Å²) in [5.41, 5.74) is 0.352. The molecule has 11 heteroatoms. The lowest BCUT2D eigenvalue weighted by Gasteiger charge is -2.40. The minimum Gasteiger partial charge on any atom is -0.482 e. The van der Waals surface area contributed by atoms with Crippen LogP contribution in [0.3, 0.4) is 0 Å². The van der Waals surface area contributed by atoms with Gasteiger partial charge in [0.1, 0.15) is 5.75 Å². The van der Waals surface area contributed by atoms with Crippen molar-refractivity contribution in [2.75, 3.05) is 51.3 Å². The lowest BCUT2D eigenvalue weighted by atomic mass is 9.94. The number of likely N-dealkylation sites (tertiary alicyclic amines) is 1. The highest BCUT2D eigenvalue weighted by atomic mass is 32.2. The van der Waals surface area contributed by atoms with E-state index in [1.54, 1.807) is 6.07 Å². The maximum Gasteiger partial charge on any atom is 0.262 e. The Labute approximate surface area is 186 Å². The predicted molar refractivity (Wildman–Crippen MR) is 112 cm³/mol. The van der Waals surface area contributed by atoms with Gasteiger partial charge in [-0.05, 0) is 31.0 Å². The lowest BCUT2D eigenvalue weighted by molar-refractivity contribution is -0.188. The van der Waals surface area contributed by atoms with E-state index >= 15 is 0 Å². The number of hydrogen-bond acceptors (Lipinski definition) is 7. The molecule has 0 radical (unpaired) electrons. The second kappa shape index (κ2) is 8.29. The summed E-state index contributed by atoms with van der Waals surface area (Å²) in [6.07, 6.45) is 2.31. The number of hydrogen-bond donors (Lipinski definition) is 1. The molecule has 1 spiro atoms. The first-order chi connectivity index (χ1) is 15.4. The molecule has 0 aliphatic carbocycles. The Morgan fingerprint density at radius 2 is 1.75 bits per heavy atom. The number of amides is 2. The van der Waals surface area contributed by atoms with E-state index in [2.05, 4.69) is 5.32 Å². The van der Waals surface area contributed by atoms with Crippen LogP contribution >= 0.6 is 0 Å². The van der Waals surface area contributed by atoms with Crippen molar-refractivity contribution in [1.29, 1.82) is 0 Å². The van der Waals surface area contributed by atoms with E-state index in [1.165, 1.54) is 16.4 Å². The van der Waals surface area contributed by atoms with Gasteiger partial charge in [0.15, 0.2) is 12.4 Å². The van der Waals surface area contributed by atoms with Gasteiger partial charge in [-0.15, -0.1) is 0 Å². The van der Waals surface area contributed by atoms with Crippen LogP contribution in [-0.2, 0) is 29.1 Å². The fourth-order valence-corrected chi connectivity index (χ4v) is 6.32. The quantitative estimate of drug-likeness (QED) is 0.702. The molecule has 0 aromatic heterocycles. The molecular formula is C21H27N3O7S. The zero-order valence-corrected chi connectivity index (χ0v) is 18.6. The summed E-state index contributed by atoms with van der Waals surface area (Å²) in [6, 6.07) is 4.47. The fraction of sp³-hybridized carbons (Fsp3) is 0.619. The highest BCUT2D eigenvalue weighted by molar-refractivity contribution is 7.89. The first-order valence-electron chi connectivity index (χ1n) is 11.0. The summed E-state index contributed by atoms with van der Waals surface area (Å²) in [4.78, 5) is 26.5. The van der Waals surface area contributed by atoms with Gasteiger partial charge in [0, 0.05) is 44.9 Å². The van der Waals surface area contributed by atoms with E-state index in [9.17, 15) is 18.0 Å². The van der Waals surface area contributed by atoms with Gasteiger partial charge in [-0.3, -0.25) is 9.59 Å². The van der Waals surface area contributed by atoms with Crippen molar-refractivity contribution < 1.29 is 32.2 Å². The molecular weight excluding hydrogens is 438 g/mol. The summed E-state index contributed by atoms with van der Waals surface area (Å²) in [6.45, 7) is 2.87. The first-order valence-corrected chi connectivity index (χ1v) is 12.4. The number of carbonyl (C=O) groups excluding carboxylic acids is 2. The van der Waals surface area contributed by atoms with Crippen LogP contribution in [0, 0.1) is 5.92 Å². The molecule has 0 saturated carbocycles. The Balaban J connectivity index is 1.19. The minimum absolute atomic E-state index is 0.0846. The SMILES string of the molecule is O=C1COc2ccc(S(=O)(=O)N3CCC(C(=O)N4CCC5(CC4)OCCO5)CC3)cc2N1. The molecule has 32 heavy (non-hydrogen) atoms. The largest absolute Gasteiger partial charge is 0.482 e. The molecule has 1 aromatic carbocycles. The summed E-state index contributed by atoms with van der Waals surface area (Å²) < 4.78 is 44.4. The second-order valence-electron chi connectivity index (χ2n) is 8.61. The molecule has 4 aliphatic rings. The average molecular weight is 466 g/mol. The first kappa shape index (κ1) is 21.6. The number of piperidine rings is 2. The highest BCUT2D eigenvalue weighted by Crippen LogP contribution is 2.34. The van der Waals surface area contributed by atoms with Crippen LogP contribution in [0.1, 0.15) is 25.7 Å². The van der Waals surface area contributed by atoms with Crippen LogP contribution in [0.4, 0.5) is 5.69 Å². The van der Waals surface area contributed by atoms with Gasteiger partial charge in [-0.2, -0.15) is 4.31 Å². The Morgan fingerprint density at radius 3 is 2.44 bits per heavy atom. The van der Waals surface area contributed by atoms with Crippen molar-refractivity contribution >= 4 is 27.5 Å². The number of nitrogens with one attached hydrogen (secondary N) is 1. The van der Waals surface area contributed by atoms with Crippen LogP contribution in [0.2, 0.25) is 0 Å². The maximum absolute atomic E-state index is 13.1. The third-order valence-electron chi connectivity index (χ3n) is 6.68. The second-order valence-corrected chi connectivity index (χ2v) is 10.5. The third kappa shape index (κ3) is 3.98. The maximum atomic E-state index is 13.1. The van der Waals surface area contributed by atoms with Gasteiger partial charge in [0.05, 0.1) is 23.8 Å². The van der Waals surface area contributed by atoms with Crippen molar-refractivity contribution in [3.05, 3.63) is 18.2 Å². The molecule has 2 amide bonds. The van der Waals surface area contributed by atoms with E-state index in [4.69, 9.17) is 14.2 Å². The minimum atomic E-state index is -3.73. The number of fused-ring (bicyclic) bond motifs is 1. The van der Waals surface area contributed by atoms with Crippen LogP contribution in [0.15, 0.2) is 23.1 Å². The number of anilines is 1. The number of benzene rings is 1. The van der Waals surface area contributed by atoms with E-state index in [0.29, 0.717) is 63.4 Å². The average Bonchev–Trinajstić information content (AvgIpc) is 3.26. The van der Waals surface area contributed by atoms with Crippen molar-refractivity contribution in [2.24, 2.45) is 5.92 Å².